The summed E-state index contributed by atoms with van der Waals surface area (Å²) < 4.78 is 5.46. The first-order valence-corrected chi connectivity index (χ1v) is 10.8. The molecule has 1 aliphatic heterocycles. The number of nitrogen functional groups attached to an aromatic ring is 1. The van der Waals surface area contributed by atoms with Crippen molar-refractivity contribution in [2.75, 3.05) is 32.0 Å². The van der Waals surface area contributed by atoms with Gasteiger partial charge in [0.25, 0.3) is 0 Å². The summed E-state index contributed by atoms with van der Waals surface area (Å²) in [6.07, 6.45) is 3.15. The first-order valence-electron chi connectivity index (χ1n) is 10.8. The minimum atomic E-state index is 0.484. The molecule has 7 heteroatoms. The van der Waals surface area contributed by atoms with Crippen molar-refractivity contribution < 1.29 is 4.74 Å². The van der Waals surface area contributed by atoms with Crippen LogP contribution < -0.4 is 5.73 Å². The highest BCUT2D eigenvalue weighted by Gasteiger charge is 2.15. The fourth-order valence-corrected chi connectivity index (χ4v) is 4.17. The van der Waals surface area contributed by atoms with E-state index in [4.69, 9.17) is 10.5 Å². The monoisotopic (exact) mass is 404 g/mol. The van der Waals surface area contributed by atoms with Crippen LogP contribution in [0.1, 0.15) is 31.2 Å². The van der Waals surface area contributed by atoms with E-state index in [1.807, 2.05) is 6.07 Å². The number of imidazole rings is 1. The number of nitrogens with zero attached hydrogens (tertiary/aromatic N) is 3. The van der Waals surface area contributed by atoms with Crippen LogP contribution in [0.15, 0.2) is 30.3 Å². The van der Waals surface area contributed by atoms with Crippen LogP contribution in [0.25, 0.3) is 33.3 Å². The normalized spacial score (nSPS) is 15.4. The zero-order chi connectivity index (χ0) is 20.5. The summed E-state index contributed by atoms with van der Waals surface area (Å²) in [6, 6.07) is 10.7. The van der Waals surface area contributed by atoms with E-state index in [9.17, 15) is 0 Å². The number of nitrogens with one attached hydrogen (secondary N) is 2. The van der Waals surface area contributed by atoms with Crippen LogP contribution >= 0.6 is 0 Å². The maximum atomic E-state index is 6.10. The SMILES string of the molecule is CCCCc1nc2nc(N)cc(-c3cc4cc(CN5CCOCC5)ccc4[nH]3)c2[nH]1. The number of benzene rings is 1. The number of rotatable bonds is 6. The van der Waals surface area contributed by atoms with Crippen LogP contribution in [0.3, 0.4) is 0 Å². The van der Waals surface area contributed by atoms with Gasteiger partial charge in [-0.25, -0.2) is 9.97 Å². The molecular weight excluding hydrogens is 376 g/mol. The lowest BCUT2D eigenvalue weighted by Gasteiger charge is -2.26. The van der Waals surface area contributed by atoms with Crippen LogP contribution in [-0.2, 0) is 17.7 Å². The van der Waals surface area contributed by atoms with E-state index in [-0.39, 0.29) is 0 Å². The molecule has 156 valence electrons. The fourth-order valence-electron chi connectivity index (χ4n) is 4.17. The Kier molecular flexibility index (Phi) is 5.14. The number of ether oxygens (including phenoxy) is 1. The van der Waals surface area contributed by atoms with E-state index in [1.54, 1.807) is 0 Å². The second-order valence-electron chi connectivity index (χ2n) is 8.07. The Morgan fingerprint density at radius 2 is 1.97 bits per heavy atom. The lowest BCUT2D eigenvalue weighted by atomic mass is 10.1. The van der Waals surface area contributed by atoms with Gasteiger partial charge in [0.15, 0.2) is 5.65 Å². The van der Waals surface area contributed by atoms with Crippen LogP contribution in [0.2, 0.25) is 0 Å². The minimum Gasteiger partial charge on any atom is -0.384 e. The molecule has 5 rings (SSSR count). The van der Waals surface area contributed by atoms with Crippen molar-refractivity contribution in [3.8, 4) is 11.3 Å². The number of aryl methyl sites for hydroxylation is 1. The first-order chi connectivity index (χ1) is 14.7. The number of morpholine rings is 1. The molecule has 30 heavy (non-hydrogen) atoms. The van der Waals surface area contributed by atoms with Gasteiger partial charge < -0.3 is 20.4 Å². The Hall–Kier alpha value is -2.90. The number of anilines is 1. The molecule has 7 nitrogen and oxygen atoms in total. The zero-order valence-electron chi connectivity index (χ0n) is 17.4. The van der Waals surface area contributed by atoms with Crippen molar-refractivity contribution in [2.24, 2.45) is 0 Å². The van der Waals surface area contributed by atoms with E-state index in [0.29, 0.717) is 11.5 Å². The maximum absolute atomic E-state index is 6.10. The molecule has 4 heterocycles. The number of aromatic amines is 2. The molecular formula is C23H28N6O. The van der Waals surface area contributed by atoms with E-state index >= 15 is 0 Å². The summed E-state index contributed by atoms with van der Waals surface area (Å²) in [5, 5.41) is 1.20. The highest BCUT2D eigenvalue weighted by Crippen LogP contribution is 2.31. The van der Waals surface area contributed by atoms with E-state index in [2.05, 4.69) is 56.0 Å². The number of hydrogen-bond donors (Lipinski definition) is 3. The predicted molar refractivity (Wildman–Crippen MR) is 120 cm³/mol. The Labute approximate surface area is 175 Å². The lowest BCUT2D eigenvalue weighted by Crippen LogP contribution is -2.35. The molecule has 0 radical (unpaired) electrons. The van der Waals surface area contributed by atoms with Crippen molar-refractivity contribution in [1.29, 1.82) is 0 Å². The van der Waals surface area contributed by atoms with Gasteiger partial charge in [-0.05, 0) is 36.2 Å². The lowest BCUT2D eigenvalue weighted by molar-refractivity contribution is 0.0342. The standard InChI is InChI=1S/C23H28N6O/c1-2-3-4-21-27-22-17(13-20(24)26-23(22)28-21)19-12-16-11-15(5-6-18(16)25-19)14-29-7-9-30-10-8-29/h5-6,11-13,25H,2-4,7-10,14H2,1H3,(H3,24,26,27,28). The number of fused-ring (bicyclic) bond motifs is 2. The molecule has 0 bridgehead atoms. The van der Waals surface area contributed by atoms with Crippen LogP contribution in [0, 0.1) is 0 Å². The largest absolute Gasteiger partial charge is 0.384 e. The third kappa shape index (κ3) is 3.78. The average molecular weight is 405 g/mol. The zero-order valence-corrected chi connectivity index (χ0v) is 17.4. The highest BCUT2D eigenvalue weighted by atomic mass is 16.5. The summed E-state index contributed by atoms with van der Waals surface area (Å²) in [5.41, 5.74) is 12.2. The number of nitrogens with two attached hydrogens (primary N) is 1. The van der Waals surface area contributed by atoms with Crippen LogP contribution in [0.4, 0.5) is 5.82 Å². The summed E-state index contributed by atoms with van der Waals surface area (Å²) >= 11 is 0. The Morgan fingerprint density at radius 1 is 1.10 bits per heavy atom. The van der Waals surface area contributed by atoms with Gasteiger partial charge in [-0.1, -0.05) is 19.4 Å². The number of H-pyrrole nitrogens is 2. The number of aromatic nitrogens is 4. The Morgan fingerprint density at radius 3 is 2.80 bits per heavy atom. The smallest absolute Gasteiger partial charge is 0.180 e. The second kappa shape index (κ2) is 8.08. The van der Waals surface area contributed by atoms with Gasteiger partial charge in [0.2, 0.25) is 0 Å². The fraction of sp³-hybridized carbons (Fsp3) is 0.391. The van der Waals surface area contributed by atoms with Crippen molar-refractivity contribution in [1.82, 2.24) is 24.8 Å². The van der Waals surface area contributed by atoms with Crippen molar-refractivity contribution in [3.63, 3.8) is 0 Å². The van der Waals surface area contributed by atoms with Gasteiger partial charge in [-0.15, -0.1) is 0 Å². The first kappa shape index (κ1) is 19.1. The Bertz CT molecular complexity index is 1170. The molecule has 4 aromatic rings. The molecule has 1 fully saturated rings. The maximum Gasteiger partial charge on any atom is 0.180 e. The van der Waals surface area contributed by atoms with Gasteiger partial charge in [-0.2, -0.15) is 0 Å². The molecule has 0 spiro atoms. The van der Waals surface area contributed by atoms with E-state index < -0.39 is 0 Å². The van der Waals surface area contributed by atoms with Crippen LogP contribution in [0.5, 0.6) is 0 Å². The Balaban J connectivity index is 1.49. The molecule has 0 atom stereocenters. The third-order valence-corrected chi connectivity index (χ3v) is 5.78. The topological polar surface area (TPSA) is 95.8 Å². The number of unbranched alkanes of at least 4 members (excludes halogenated alkanes) is 1. The molecule has 0 amide bonds. The molecule has 3 aromatic heterocycles. The minimum absolute atomic E-state index is 0.484. The van der Waals surface area contributed by atoms with Gasteiger partial charge in [0, 0.05) is 48.2 Å². The second-order valence-corrected chi connectivity index (χ2v) is 8.07. The molecule has 0 saturated carbocycles. The summed E-state index contributed by atoms with van der Waals surface area (Å²) in [6.45, 7) is 6.76. The van der Waals surface area contributed by atoms with Crippen molar-refractivity contribution in [3.05, 3.63) is 41.7 Å². The van der Waals surface area contributed by atoms with E-state index in [0.717, 1.165) is 80.2 Å². The molecule has 1 aromatic carbocycles. The van der Waals surface area contributed by atoms with Gasteiger partial charge in [0.05, 0.1) is 18.7 Å². The summed E-state index contributed by atoms with van der Waals surface area (Å²) in [4.78, 5) is 18.5. The third-order valence-electron chi connectivity index (χ3n) is 5.78. The highest BCUT2D eigenvalue weighted by molar-refractivity contribution is 5.95. The average Bonchev–Trinajstić information content (AvgIpc) is 3.35. The van der Waals surface area contributed by atoms with E-state index in [1.165, 1.54) is 10.9 Å². The molecule has 4 N–H and O–H groups in total. The van der Waals surface area contributed by atoms with Gasteiger partial charge >= 0.3 is 0 Å². The molecule has 0 unspecified atom stereocenters. The quantitative estimate of drug-likeness (QED) is 0.453. The number of pyridine rings is 1. The van der Waals surface area contributed by atoms with Crippen LogP contribution in [-0.4, -0.2) is 51.1 Å². The molecule has 1 aliphatic rings. The van der Waals surface area contributed by atoms with Gasteiger partial charge in [-0.3, -0.25) is 4.90 Å². The van der Waals surface area contributed by atoms with Gasteiger partial charge in [0.1, 0.15) is 11.6 Å². The van der Waals surface area contributed by atoms with Crippen molar-refractivity contribution >= 4 is 27.9 Å². The predicted octanol–water partition coefficient (Wildman–Crippen LogP) is 3.86. The molecule has 0 aliphatic carbocycles. The molecule has 1 saturated heterocycles. The van der Waals surface area contributed by atoms with Crippen molar-refractivity contribution in [2.45, 2.75) is 32.7 Å². The summed E-state index contributed by atoms with van der Waals surface area (Å²) in [7, 11) is 0. The number of hydrogen-bond acceptors (Lipinski definition) is 5. The summed E-state index contributed by atoms with van der Waals surface area (Å²) in [5.74, 6) is 1.45.